The number of hydrogen-bond acceptors (Lipinski definition) is 4. The van der Waals surface area contributed by atoms with Crippen LogP contribution in [0, 0.1) is 11.8 Å². The van der Waals surface area contributed by atoms with Crippen molar-refractivity contribution in [3.63, 3.8) is 0 Å². The zero-order valence-electron chi connectivity index (χ0n) is 14.9. The van der Waals surface area contributed by atoms with E-state index in [2.05, 4.69) is 21.3 Å². The summed E-state index contributed by atoms with van der Waals surface area (Å²) in [5.74, 6) is 1.75. The third-order valence-corrected chi connectivity index (χ3v) is 5.44. The molecule has 3 heterocycles. The molecule has 1 aromatic carbocycles. The van der Waals surface area contributed by atoms with Crippen molar-refractivity contribution in [1.82, 2.24) is 9.88 Å². The molecule has 26 heavy (non-hydrogen) atoms. The summed E-state index contributed by atoms with van der Waals surface area (Å²) in [7, 11) is 0. The minimum Gasteiger partial charge on any atom is -0.491 e. The monoisotopic (exact) mass is 351 g/mol. The number of rotatable bonds is 2. The number of piperidine rings is 1. The van der Waals surface area contributed by atoms with Gasteiger partial charge in [0.15, 0.2) is 0 Å². The van der Waals surface area contributed by atoms with Gasteiger partial charge in [-0.05, 0) is 55.5 Å². The summed E-state index contributed by atoms with van der Waals surface area (Å²) in [5.41, 5.74) is 1.89. The van der Waals surface area contributed by atoms with Crippen LogP contribution >= 0.6 is 0 Å². The molecule has 2 atom stereocenters. The number of benzene rings is 1. The maximum absolute atomic E-state index is 12.5. The Bertz CT molecular complexity index is 750. The van der Waals surface area contributed by atoms with Crippen molar-refractivity contribution < 1.29 is 9.53 Å². The smallest absolute Gasteiger partial charge is 0.224 e. The van der Waals surface area contributed by atoms with Gasteiger partial charge in [0.25, 0.3) is 0 Å². The number of ether oxygens (including phenoxy) is 1. The zero-order chi connectivity index (χ0) is 17.8. The first-order chi connectivity index (χ1) is 12.8. The Morgan fingerprint density at radius 3 is 2.88 bits per heavy atom. The van der Waals surface area contributed by atoms with E-state index < -0.39 is 0 Å². The van der Waals surface area contributed by atoms with Crippen molar-refractivity contribution >= 4 is 11.6 Å². The van der Waals surface area contributed by atoms with Gasteiger partial charge >= 0.3 is 0 Å². The normalized spacial score (nSPS) is 23.9. The maximum atomic E-state index is 12.5. The summed E-state index contributed by atoms with van der Waals surface area (Å²) >= 11 is 0. The van der Waals surface area contributed by atoms with E-state index in [1.54, 1.807) is 0 Å². The summed E-state index contributed by atoms with van der Waals surface area (Å²) in [6, 6.07) is 13.7. The Balaban J connectivity index is 1.44. The average Bonchev–Trinajstić information content (AvgIpc) is 2.66. The second-order valence-corrected chi connectivity index (χ2v) is 7.25. The number of fused-ring (bicyclic) bond motifs is 2. The zero-order valence-corrected chi connectivity index (χ0v) is 14.9. The lowest BCUT2D eigenvalue weighted by Gasteiger charge is -2.38. The van der Waals surface area contributed by atoms with Gasteiger partial charge in [-0.25, -0.2) is 0 Å². The number of nitrogens with one attached hydrogen (secondary N) is 1. The first-order valence-electron chi connectivity index (χ1n) is 9.42. The predicted molar refractivity (Wildman–Crippen MR) is 101 cm³/mol. The number of amides is 1. The van der Waals surface area contributed by atoms with Crippen LogP contribution < -0.4 is 10.1 Å². The molecule has 1 N–H and O–H groups in total. The molecule has 2 aromatic rings. The van der Waals surface area contributed by atoms with Gasteiger partial charge in [0.1, 0.15) is 5.75 Å². The van der Waals surface area contributed by atoms with Crippen LogP contribution in [0.4, 0.5) is 5.69 Å². The summed E-state index contributed by atoms with van der Waals surface area (Å²) < 4.78 is 5.97. The van der Waals surface area contributed by atoms with Gasteiger partial charge in [0.05, 0.1) is 18.0 Å². The van der Waals surface area contributed by atoms with Crippen LogP contribution in [-0.2, 0) is 11.3 Å². The average molecular weight is 351 g/mol. The summed E-state index contributed by atoms with van der Waals surface area (Å²) in [6.45, 7) is 3.58. The number of anilines is 1. The fraction of sp³-hybridized carbons (Fsp3) is 0.429. The molecule has 2 aliphatic heterocycles. The van der Waals surface area contributed by atoms with E-state index in [0.29, 0.717) is 24.9 Å². The number of pyridine rings is 1. The number of para-hydroxylation sites is 2. The lowest BCUT2D eigenvalue weighted by Crippen LogP contribution is -2.42. The van der Waals surface area contributed by atoms with Crippen LogP contribution in [0.2, 0.25) is 0 Å². The number of carbonyl (C=O) groups excluding carboxylic acids is 1. The molecule has 1 amide bonds. The quantitative estimate of drug-likeness (QED) is 0.902. The first-order valence-corrected chi connectivity index (χ1v) is 9.42. The molecule has 0 bridgehead atoms. The van der Waals surface area contributed by atoms with Crippen LogP contribution in [0.1, 0.15) is 25.0 Å². The summed E-state index contributed by atoms with van der Waals surface area (Å²) in [5, 5.41) is 3.03. The summed E-state index contributed by atoms with van der Waals surface area (Å²) in [4.78, 5) is 19.4. The highest BCUT2D eigenvalue weighted by atomic mass is 16.5. The van der Waals surface area contributed by atoms with Crippen LogP contribution in [0.3, 0.4) is 0 Å². The minimum atomic E-state index is 0.0936. The largest absolute Gasteiger partial charge is 0.491 e. The van der Waals surface area contributed by atoms with Crippen molar-refractivity contribution in [2.24, 2.45) is 11.8 Å². The van der Waals surface area contributed by atoms with Crippen molar-refractivity contribution in [1.29, 1.82) is 0 Å². The Kier molecular flexibility index (Phi) is 5.16. The van der Waals surface area contributed by atoms with E-state index in [9.17, 15) is 4.79 Å². The highest BCUT2D eigenvalue weighted by Gasteiger charge is 2.31. The molecule has 0 aliphatic carbocycles. The SMILES string of the molecule is O=C1C[C@@H]2CCN(Cc3ccccn3)C[C@@H]2CCOc2ccccc2N1. The van der Waals surface area contributed by atoms with E-state index in [1.807, 2.05) is 42.6 Å². The Labute approximate surface area is 154 Å². The number of nitrogens with zero attached hydrogens (tertiary/aromatic N) is 2. The van der Waals surface area contributed by atoms with E-state index >= 15 is 0 Å². The van der Waals surface area contributed by atoms with E-state index in [1.165, 1.54) is 0 Å². The maximum Gasteiger partial charge on any atom is 0.224 e. The van der Waals surface area contributed by atoms with Crippen LogP contribution in [0.5, 0.6) is 5.75 Å². The van der Waals surface area contributed by atoms with Gasteiger partial charge in [0.2, 0.25) is 5.91 Å². The topological polar surface area (TPSA) is 54.5 Å². The van der Waals surface area contributed by atoms with Gasteiger partial charge in [-0.2, -0.15) is 0 Å². The van der Waals surface area contributed by atoms with Crippen molar-refractivity contribution in [2.75, 3.05) is 25.0 Å². The van der Waals surface area contributed by atoms with Crippen LogP contribution in [-0.4, -0.2) is 35.5 Å². The standard InChI is InChI=1S/C21H25N3O2/c25-21-13-16-8-11-24(15-18-5-3-4-10-22-18)14-17(16)9-12-26-20-7-2-1-6-19(20)23-21/h1-7,10,16-17H,8-9,11-15H2,(H,23,25)/t16-,17-/m0/s1. The Morgan fingerprint density at radius 2 is 2.00 bits per heavy atom. The first kappa shape index (κ1) is 17.0. The minimum absolute atomic E-state index is 0.0936. The molecule has 1 fully saturated rings. The van der Waals surface area contributed by atoms with Gasteiger partial charge in [-0.15, -0.1) is 0 Å². The van der Waals surface area contributed by atoms with E-state index in [-0.39, 0.29) is 5.91 Å². The number of carbonyl (C=O) groups is 1. The molecule has 0 saturated carbocycles. The van der Waals surface area contributed by atoms with Gasteiger partial charge < -0.3 is 10.1 Å². The summed E-state index contributed by atoms with van der Waals surface area (Å²) in [6.07, 6.45) is 4.47. The predicted octanol–water partition coefficient (Wildman–Crippen LogP) is 3.33. The molecular formula is C21H25N3O2. The van der Waals surface area contributed by atoms with Gasteiger partial charge in [0, 0.05) is 25.7 Å². The molecule has 0 radical (unpaired) electrons. The molecule has 2 aliphatic rings. The lowest BCUT2D eigenvalue weighted by molar-refractivity contribution is -0.118. The van der Waals surface area contributed by atoms with E-state index in [0.717, 1.165) is 49.6 Å². The molecule has 0 spiro atoms. The van der Waals surface area contributed by atoms with Crippen LogP contribution in [0.15, 0.2) is 48.7 Å². The molecular weight excluding hydrogens is 326 g/mol. The number of hydrogen-bond donors (Lipinski definition) is 1. The van der Waals surface area contributed by atoms with E-state index in [4.69, 9.17) is 4.74 Å². The van der Waals surface area contributed by atoms with Crippen molar-refractivity contribution in [3.05, 3.63) is 54.4 Å². The molecule has 1 aromatic heterocycles. The van der Waals surface area contributed by atoms with Crippen molar-refractivity contribution in [2.45, 2.75) is 25.8 Å². The molecule has 5 nitrogen and oxygen atoms in total. The second-order valence-electron chi connectivity index (χ2n) is 7.25. The molecule has 136 valence electrons. The van der Waals surface area contributed by atoms with Crippen LogP contribution in [0.25, 0.3) is 0 Å². The van der Waals surface area contributed by atoms with Gasteiger partial charge in [-0.1, -0.05) is 18.2 Å². The van der Waals surface area contributed by atoms with Gasteiger partial charge in [-0.3, -0.25) is 14.7 Å². The third kappa shape index (κ3) is 4.05. The lowest BCUT2D eigenvalue weighted by atomic mass is 9.81. The molecule has 4 rings (SSSR count). The Morgan fingerprint density at radius 1 is 1.12 bits per heavy atom. The highest BCUT2D eigenvalue weighted by molar-refractivity contribution is 5.92. The molecule has 0 unspecified atom stereocenters. The van der Waals surface area contributed by atoms with Crippen molar-refractivity contribution in [3.8, 4) is 5.75 Å². The highest BCUT2D eigenvalue weighted by Crippen LogP contribution is 2.33. The fourth-order valence-corrected chi connectivity index (χ4v) is 4.07. The third-order valence-electron chi connectivity index (χ3n) is 5.44. The fourth-order valence-electron chi connectivity index (χ4n) is 4.07. The second kappa shape index (κ2) is 7.87. The molecule has 5 heteroatoms. The number of likely N-dealkylation sites (tertiary alicyclic amines) is 1. The molecule has 1 saturated heterocycles. The Hall–Kier alpha value is -2.40. The number of aromatic nitrogens is 1.